The number of benzene rings is 1. The molecule has 130 valence electrons. The second-order valence-electron chi connectivity index (χ2n) is 4.70. The Kier molecular flexibility index (Phi) is 9.71. The molecular weight excluding hydrogens is 351 g/mol. The van der Waals surface area contributed by atoms with E-state index in [1.807, 2.05) is 0 Å². The Balaban J connectivity index is 0.00000484. The number of halogens is 4. The molecule has 0 spiro atoms. The number of hydrogen-bond donors (Lipinski definition) is 3. The van der Waals surface area contributed by atoms with Crippen LogP contribution in [0.2, 0.25) is 5.02 Å². The second-order valence-corrected chi connectivity index (χ2v) is 5.14. The topological polar surface area (TPSA) is 84.2 Å². The lowest BCUT2D eigenvalue weighted by molar-refractivity contribution is -0.122. The molecule has 1 aromatic carbocycles. The minimum absolute atomic E-state index is 0. The van der Waals surface area contributed by atoms with Gasteiger partial charge >= 0.3 is 0 Å². The van der Waals surface area contributed by atoms with Crippen LogP contribution in [0.25, 0.3) is 0 Å². The molecule has 23 heavy (non-hydrogen) atoms. The first-order chi connectivity index (χ1) is 10.3. The van der Waals surface area contributed by atoms with E-state index in [2.05, 4.69) is 10.6 Å². The summed E-state index contributed by atoms with van der Waals surface area (Å²) in [5, 5.41) is 5.26. The molecule has 0 saturated carbocycles. The van der Waals surface area contributed by atoms with Crippen LogP contribution in [0.3, 0.4) is 0 Å². The van der Waals surface area contributed by atoms with Crippen molar-refractivity contribution in [2.75, 3.05) is 19.6 Å². The summed E-state index contributed by atoms with van der Waals surface area (Å²) in [6.45, 7) is -1.33. The van der Waals surface area contributed by atoms with Crippen molar-refractivity contribution in [3.8, 4) is 0 Å². The van der Waals surface area contributed by atoms with Gasteiger partial charge in [-0.2, -0.15) is 0 Å². The van der Waals surface area contributed by atoms with E-state index >= 15 is 0 Å². The lowest BCUT2D eigenvalue weighted by Gasteiger charge is -2.14. The predicted octanol–water partition coefficient (Wildman–Crippen LogP) is 1.98. The van der Waals surface area contributed by atoms with Crippen molar-refractivity contribution in [3.05, 3.63) is 34.9 Å². The summed E-state index contributed by atoms with van der Waals surface area (Å²) in [6, 6.07) is 6.36. The van der Waals surface area contributed by atoms with Crippen LogP contribution < -0.4 is 16.4 Å². The summed E-state index contributed by atoms with van der Waals surface area (Å²) in [5.41, 5.74) is 5.31. The molecule has 0 heterocycles. The van der Waals surface area contributed by atoms with E-state index in [-0.39, 0.29) is 31.3 Å². The molecule has 0 aliphatic heterocycles. The average Bonchev–Trinajstić information content (AvgIpc) is 2.50. The van der Waals surface area contributed by atoms with Crippen LogP contribution in [0.5, 0.6) is 0 Å². The molecule has 1 rings (SSSR count). The van der Waals surface area contributed by atoms with Gasteiger partial charge in [0.25, 0.3) is 11.8 Å². The molecule has 4 N–H and O–H groups in total. The number of hydrogen-bond acceptors (Lipinski definition) is 3. The van der Waals surface area contributed by atoms with E-state index in [0.717, 1.165) is 0 Å². The largest absolute Gasteiger partial charge is 0.352 e. The zero-order valence-electron chi connectivity index (χ0n) is 12.3. The Morgan fingerprint density at radius 2 is 1.78 bits per heavy atom. The maximum atomic E-state index is 12.8. The fourth-order valence-electron chi connectivity index (χ4n) is 1.54. The van der Waals surface area contributed by atoms with Crippen molar-refractivity contribution in [1.82, 2.24) is 10.6 Å². The van der Waals surface area contributed by atoms with Crippen molar-refractivity contribution in [1.29, 1.82) is 0 Å². The molecule has 5 nitrogen and oxygen atoms in total. The van der Waals surface area contributed by atoms with E-state index in [0.29, 0.717) is 17.0 Å². The SMILES string of the molecule is Cl.NCC(F)(F)CNC(=O)CCCNC(=O)c1ccc(Cl)cc1. The van der Waals surface area contributed by atoms with E-state index in [4.69, 9.17) is 17.3 Å². The van der Waals surface area contributed by atoms with Gasteiger partial charge in [-0.1, -0.05) is 11.6 Å². The monoisotopic (exact) mass is 369 g/mol. The summed E-state index contributed by atoms with van der Waals surface area (Å²) < 4.78 is 25.6. The highest BCUT2D eigenvalue weighted by Gasteiger charge is 2.26. The summed E-state index contributed by atoms with van der Waals surface area (Å²) >= 11 is 5.71. The van der Waals surface area contributed by atoms with Crippen LogP contribution in [0, 0.1) is 0 Å². The normalized spacial score (nSPS) is 10.6. The molecular formula is C14H19Cl2F2N3O2. The fraction of sp³-hybridized carbons (Fsp3) is 0.429. The van der Waals surface area contributed by atoms with Crippen LogP contribution in [-0.4, -0.2) is 37.4 Å². The quantitative estimate of drug-likeness (QED) is 0.612. The third-order valence-electron chi connectivity index (χ3n) is 2.82. The minimum Gasteiger partial charge on any atom is -0.352 e. The molecule has 0 unspecified atom stereocenters. The molecule has 1 aromatic rings. The van der Waals surface area contributed by atoms with Gasteiger partial charge < -0.3 is 16.4 Å². The summed E-state index contributed by atoms with van der Waals surface area (Å²) in [4.78, 5) is 23.1. The third-order valence-corrected chi connectivity index (χ3v) is 3.07. The van der Waals surface area contributed by atoms with Gasteiger partial charge in [0.2, 0.25) is 5.91 Å². The first kappa shape index (κ1) is 21.6. The molecule has 0 bridgehead atoms. The van der Waals surface area contributed by atoms with Crippen molar-refractivity contribution >= 4 is 35.8 Å². The van der Waals surface area contributed by atoms with E-state index in [1.165, 1.54) is 0 Å². The van der Waals surface area contributed by atoms with Crippen molar-refractivity contribution in [2.45, 2.75) is 18.8 Å². The number of carbonyl (C=O) groups is 2. The van der Waals surface area contributed by atoms with E-state index in [1.54, 1.807) is 24.3 Å². The molecule has 0 fully saturated rings. The lowest BCUT2D eigenvalue weighted by atomic mass is 10.2. The average molecular weight is 370 g/mol. The number of rotatable bonds is 8. The van der Waals surface area contributed by atoms with Gasteiger partial charge in [-0.15, -0.1) is 12.4 Å². The minimum atomic E-state index is -3.10. The number of nitrogens with two attached hydrogens (primary N) is 1. The summed E-state index contributed by atoms with van der Waals surface area (Å²) in [5.74, 6) is -3.89. The number of nitrogens with one attached hydrogen (secondary N) is 2. The first-order valence-electron chi connectivity index (χ1n) is 6.72. The molecule has 0 saturated heterocycles. The molecule has 2 amide bonds. The smallest absolute Gasteiger partial charge is 0.277 e. The maximum Gasteiger partial charge on any atom is 0.277 e. The highest BCUT2D eigenvalue weighted by molar-refractivity contribution is 6.30. The molecule has 0 radical (unpaired) electrons. The Morgan fingerprint density at radius 1 is 1.17 bits per heavy atom. The summed E-state index contributed by atoms with van der Waals surface area (Å²) in [7, 11) is 0. The van der Waals surface area contributed by atoms with Crippen LogP contribution in [0.1, 0.15) is 23.2 Å². The summed E-state index contributed by atoms with van der Waals surface area (Å²) in [6.07, 6.45) is 0.390. The third kappa shape index (κ3) is 8.68. The van der Waals surface area contributed by atoms with E-state index < -0.39 is 24.9 Å². The molecule has 0 aliphatic rings. The highest BCUT2D eigenvalue weighted by Crippen LogP contribution is 2.10. The van der Waals surface area contributed by atoms with Crippen LogP contribution in [0.4, 0.5) is 8.78 Å². The van der Waals surface area contributed by atoms with Gasteiger partial charge in [-0.3, -0.25) is 9.59 Å². The second kappa shape index (κ2) is 10.4. The van der Waals surface area contributed by atoms with Gasteiger partial charge in [0.15, 0.2) is 0 Å². The molecule has 9 heteroatoms. The fourth-order valence-corrected chi connectivity index (χ4v) is 1.67. The number of amides is 2. The van der Waals surface area contributed by atoms with Crippen LogP contribution >= 0.6 is 24.0 Å². The Hall–Kier alpha value is -1.44. The van der Waals surface area contributed by atoms with Crippen molar-refractivity contribution < 1.29 is 18.4 Å². The van der Waals surface area contributed by atoms with Gasteiger partial charge in [0, 0.05) is 23.6 Å². The highest BCUT2D eigenvalue weighted by atomic mass is 35.5. The number of alkyl halides is 2. The molecule has 0 aliphatic carbocycles. The lowest BCUT2D eigenvalue weighted by Crippen LogP contribution is -2.41. The zero-order valence-corrected chi connectivity index (χ0v) is 13.9. The van der Waals surface area contributed by atoms with Gasteiger partial charge in [0.05, 0.1) is 13.1 Å². The predicted molar refractivity (Wildman–Crippen MR) is 87.3 cm³/mol. The Labute approximate surface area is 144 Å². The number of carbonyl (C=O) groups excluding carboxylic acids is 2. The van der Waals surface area contributed by atoms with E-state index in [9.17, 15) is 18.4 Å². The van der Waals surface area contributed by atoms with Gasteiger partial charge in [-0.05, 0) is 30.7 Å². The molecule has 0 aromatic heterocycles. The molecule has 0 atom stereocenters. The first-order valence-corrected chi connectivity index (χ1v) is 7.10. The Bertz CT molecular complexity index is 513. The van der Waals surface area contributed by atoms with Crippen molar-refractivity contribution in [2.24, 2.45) is 5.73 Å². The van der Waals surface area contributed by atoms with Crippen LogP contribution in [0.15, 0.2) is 24.3 Å². The van der Waals surface area contributed by atoms with Gasteiger partial charge in [-0.25, -0.2) is 8.78 Å². The maximum absolute atomic E-state index is 12.8. The Morgan fingerprint density at radius 3 is 2.35 bits per heavy atom. The zero-order chi connectivity index (χ0) is 16.6. The standard InChI is InChI=1S/C14H18ClF2N3O2.ClH/c15-11-5-3-10(4-6-11)13(22)19-7-1-2-12(21)20-9-14(16,17)8-18;/h3-6H,1-2,7-9,18H2,(H,19,22)(H,20,21);1H. The van der Waals surface area contributed by atoms with Crippen LogP contribution in [-0.2, 0) is 4.79 Å². The van der Waals surface area contributed by atoms with Gasteiger partial charge in [0.1, 0.15) is 0 Å². The van der Waals surface area contributed by atoms with Crippen molar-refractivity contribution in [3.63, 3.8) is 0 Å².